The SMILES string of the molecule is CCc1cccc(N2C[C@@H](C(=O)N3CCN(c4ccc([N+](=O)[O-])cc4)CC3)CC2=O)c1. The van der Waals surface area contributed by atoms with Crippen LogP contribution in [-0.2, 0) is 16.0 Å². The Morgan fingerprint density at radius 3 is 2.42 bits per heavy atom. The molecule has 2 saturated heterocycles. The fourth-order valence-electron chi connectivity index (χ4n) is 4.30. The zero-order chi connectivity index (χ0) is 22.0. The van der Waals surface area contributed by atoms with Crippen molar-refractivity contribution < 1.29 is 14.5 Å². The molecule has 8 nitrogen and oxygen atoms in total. The third-order valence-corrected chi connectivity index (χ3v) is 6.12. The Bertz CT molecular complexity index is 983. The summed E-state index contributed by atoms with van der Waals surface area (Å²) < 4.78 is 0. The van der Waals surface area contributed by atoms with E-state index in [1.54, 1.807) is 17.0 Å². The van der Waals surface area contributed by atoms with E-state index in [1.807, 2.05) is 29.2 Å². The lowest BCUT2D eigenvalue weighted by Crippen LogP contribution is -2.50. The summed E-state index contributed by atoms with van der Waals surface area (Å²) >= 11 is 0. The molecule has 0 radical (unpaired) electrons. The monoisotopic (exact) mass is 422 g/mol. The standard InChI is InChI=1S/C23H26N4O4/c1-2-17-4-3-5-21(14-17)26-16-18(15-22(26)28)23(29)25-12-10-24(11-13-25)19-6-8-20(9-7-19)27(30)31/h3-9,14,18H,2,10-13,15-16H2,1H3/t18-/m0/s1. The number of carbonyl (C=O) groups excluding carboxylic acids is 2. The molecule has 2 aromatic rings. The number of hydrogen-bond donors (Lipinski definition) is 0. The maximum absolute atomic E-state index is 13.1. The number of piperazine rings is 1. The van der Waals surface area contributed by atoms with Crippen molar-refractivity contribution in [2.75, 3.05) is 42.5 Å². The first-order valence-corrected chi connectivity index (χ1v) is 10.6. The molecule has 2 aliphatic rings. The van der Waals surface area contributed by atoms with Gasteiger partial charge >= 0.3 is 0 Å². The largest absolute Gasteiger partial charge is 0.368 e. The highest BCUT2D eigenvalue weighted by Gasteiger charge is 2.38. The number of nitro benzene ring substituents is 1. The average molecular weight is 422 g/mol. The van der Waals surface area contributed by atoms with Gasteiger partial charge < -0.3 is 14.7 Å². The van der Waals surface area contributed by atoms with E-state index in [4.69, 9.17) is 0 Å². The van der Waals surface area contributed by atoms with Crippen molar-refractivity contribution in [3.63, 3.8) is 0 Å². The van der Waals surface area contributed by atoms with Crippen LogP contribution in [0.2, 0.25) is 0 Å². The van der Waals surface area contributed by atoms with Gasteiger partial charge in [0, 0.05) is 62.7 Å². The maximum Gasteiger partial charge on any atom is 0.269 e. The Balaban J connectivity index is 1.35. The van der Waals surface area contributed by atoms with Gasteiger partial charge in [0.05, 0.1) is 10.8 Å². The topological polar surface area (TPSA) is 87.0 Å². The molecule has 0 aliphatic carbocycles. The highest BCUT2D eigenvalue weighted by atomic mass is 16.6. The van der Waals surface area contributed by atoms with Crippen LogP contribution < -0.4 is 9.80 Å². The number of benzene rings is 2. The Morgan fingerprint density at radius 2 is 1.77 bits per heavy atom. The van der Waals surface area contributed by atoms with Gasteiger partial charge in [-0.1, -0.05) is 19.1 Å². The number of anilines is 2. The predicted molar refractivity (Wildman–Crippen MR) is 118 cm³/mol. The summed E-state index contributed by atoms with van der Waals surface area (Å²) in [5, 5.41) is 10.8. The first-order chi connectivity index (χ1) is 15.0. The lowest BCUT2D eigenvalue weighted by Gasteiger charge is -2.37. The Hall–Kier alpha value is -3.42. The molecule has 2 heterocycles. The zero-order valence-electron chi connectivity index (χ0n) is 17.6. The van der Waals surface area contributed by atoms with Crippen LogP contribution in [0.5, 0.6) is 0 Å². The molecule has 2 aromatic carbocycles. The van der Waals surface area contributed by atoms with Crippen LogP contribution in [-0.4, -0.2) is 54.4 Å². The second-order valence-corrected chi connectivity index (χ2v) is 8.01. The summed E-state index contributed by atoms with van der Waals surface area (Å²) in [6.07, 6.45) is 1.15. The van der Waals surface area contributed by atoms with Crippen LogP contribution in [0.4, 0.5) is 17.1 Å². The third-order valence-electron chi connectivity index (χ3n) is 6.12. The minimum atomic E-state index is -0.412. The van der Waals surface area contributed by atoms with Gasteiger partial charge in [-0.25, -0.2) is 0 Å². The first-order valence-electron chi connectivity index (χ1n) is 10.6. The summed E-state index contributed by atoms with van der Waals surface area (Å²) in [7, 11) is 0. The molecule has 2 amide bonds. The summed E-state index contributed by atoms with van der Waals surface area (Å²) in [6.45, 7) is 4.97. The van der Waals surface area contributed by atoms with Gasteiger partial charge in [-0.2, -0.15) is 0 Å². The van der Waals surface area contributed by atoms with Gasteiger partial charge in [-0.05, 0) is 36.2 Å². The number of hydrogen-bond acceptors (Lipinski definition) is 5. The van der Waals surface area contributed by atoms with Crippen molar-refractivity contribution >= 4 is 28.9 Å². The Kier molecular flexibility index (Phi) is 5.88. The molecule has 0 saturated carbocycles. The molecule has 4 rings (SSSR count). The Labute approximate surface area is 181 Å². The van der Waals surface area contributed by atoms with Crippen molar-refractivity contribution in [2.24, 2.45) is 5.92 Å². The minimum Gasteiger partial charge on any atom is -0.368 e. The molecule has 162 valence electrons. The predicted octanol–water partition coefficient (Wildman–Crippen LogP) is 2.86. The van der Waals surface area contributed by atoms with E-state index in [0.717, 1.165) is 17.8 Å². The molecule has 1 atom stereocenters. The van der Waals surface area contributed by atoms with E-state index in [0.29, 0.717) is 32.7 Å². The quantitative estimate of drug-likeness (QED) is 0.546. The lowest BCUT2D eigenvalue weighted by atomic mass is 10.1. The van der Waals surface area contributed by atoms with Crippen molar-refractivity contribution in [1.82, 2.24) is 4.90 Å². The van der Waals surface area contributed by atoms with Gasteiger partial charge in [0.2, 0.25) is 11.8 Å². The van der Waals surface area contributed by atoms with Crippen LogP contribution in [0.15, 0.2) is 48.5 Å². The normalized spacial score (nSPS) is 19.1. The number of aryl methyl sites for hydroxylation is 1. The molecule has 2 fully saturated rings. The number of amides is 2. The molecule has 0 bridgehead atoms. The van der Waals surface area contributed by atoms with E-state index in [1.165, 1.54) is 17.7 Å². The van der Waals surface area contributed by atoms with Crippen molar-refractivity contribution in [2.45, 2.75) is 19.8 Å². The third kappa shape index (κ3) is 4.38. The van der Waals surface area contributed by atoms with E-state index < -0.39 is 4.92 Å². The Morgan fingerprint density at radius 1 is 1.06 bits per heavy atom. The number of rotatable bonds is 5. The van der Waals surface area contributed by atoms with Crippen molar-refractivity contribution in [3.8, 4) is 0 Å². The fraction of sp³-hybridized carbons (Fsp3) is 0.391. The van der Waals surface area contributed by atoms with E-state index in [2.05, 4.69) is 11.8 Å². The number of carbonyl (C=O) groups is 2. The smallest absolute Gasteiger partial charge is 0.269 e. The van der Waals surface area contributed by atoms with Crippen molar-refractivity contribution in [3.05, 3.63) is 64.2 Å². The van der Waals surface area contributed by atoms with Gasteiger partial charge in [0.25, 0.3) is 5.69 Å². The number of non-ortho nitro benzene ring substituents is 1. The molecule has 8 heteroatoms. The summed E-state index contributed by atoms with van der Waals surface area (Å²) in [6, 6.07) is 14.4. The van der Waals surface area contributed by atoms with Crippen LogP contribution in [0.25, 0.3) is 0 Å². The van der Waals surface area contributed by atoms with E-state index in [-0.39, 0.29) is 29.8 Å². The van der Waals surface area contributed by atoms with Gasteiger partial charge in [-0.3, -0.25) is 19.7 Å². The van der Waals surface area contributed by atoms with Gasteiger partial charge in [0.1, 0.15) is 0 Å². The van der Waals surface area contributed by atoms with Crippen LogP contribution in [0.1, 0.15) is 18.9 Å². The van der Waals surface area contributed by atoms with Crippen LogP contribution in [0, 0.1) is 16.0 Å². The average Bonchev–Trinajstić information content (AvgIpc) is 3.20. The molecule has 31 heavy (non-hydrogen) atoms. The second kappa shape index (κ2) is 8.75. The maximum atomic E-state index is 13.1. The van der Waals surface area contributed by atoms with Crippen LogP contribution >= 0.6 is 0 Å². The van der Waals surface area contributed by atoms with E-state index >= 15 is 0 Å². The molecule has 0 unspecified atom stereocenters. The zero-order valence-corrected chi connectivity index (χ0v) is 17.6. The molecule has 0 aromatic heterocycles. The first kappa shape index (κ1) is 20.8. The van der Waals surface area contributed by atoms with Crippen molar-refractivity contribution in [1.29, 1.82) is 0 Å². The summed E-state index contributed by atoms with van der Waals surface area (Å²) in [5.74, 6) is -0.286. The second-order valence-electron chi connectivity index (χ2n) is 8.01. The lowest BCUT2D eigenvalue weighted by molar-refractivity contribution is -0.384. The van der Waals surface area contributed by atoms with Crippen LogP contribution in [0.3, 0.4) is 0 Å². The summed E-state index contributed by atoms with van der Waals surface area (Å²) in [4.78, 5) is 41.7. The number of nitro groups is 1. The summed E-state index contributed by atoms with van der Waals surface area (Å²) in [5.41, 5.74) is 3.01. The highest BCUT2D eigenvalue weighted by Crippen LogP contribution is 2.28. The van der Waals surface area contributed by atoms with Gasteiger partial charge in [-0.15, -0.1) is 0 Å². The van der Waals surface area contributed by atoms with E-state index in [9.17, 15) is 19.7 Å². The fourth-order valence-corrected chi connectivity index (χ4v) is 4.30. The molecule has 0 N–H and O–H groups in total. The number of nitrogens with zero attached hydrogens (tertiary/aromatic N) is 4. The molecular formula is C23H26N4O4. The highest BCUT2D eigenvalue weighted by molar-refractivity contribution is 6.00. The molecule has 2 aliphatic heterocycles. The minimum absolute atomic E-state index is 0.00359. The van der Waals surface area contributed by atoms with Gasteiger partial charge in [0.15, 0.2) is 0 Å². The molecular weight excluding hydrogens is 396 g/mol. The molecule has 0 spiro atoms.